The zero-order chi connectivity index (χ0) is 43.9. The fraction of sp³-hybridized carbons (Fsp3) is 0.674. The molecule has 2 aliphatic heterocycles. The second kappa shape index (κ2) is 21.1. The summed E-state index contributed by atoms with van der Waals surface area (Å²) in [5.41, 5.74) is 5.83. The largest absolute Gasteiger partial charge is 0.392 e. The lowest BCUT2D eigenvalue weighted by atomic mass is 9.71. The van der Waals surface area contributed by atoms with Crippen LogP contribution >= 0.6 is 33.9 Å². The average Bonchev–Trinajstić information content (AvgIpc) is 3.94. The van der Waals surface area contributed by atoms with Crippen LogP contribution < -0.4 is 10.6 Å². The highest BCUT2D eigenvalue weighted by Gasteiger charge is 2.45. The smallest absolute Gasteiger partial charge is 0.238 e. The summed E-state index contributed by atoms with van der Waals surface area (Å²) in [6.07, 6.45) is 9.81. The third-order valence-electron chi connectivity index (χ3n) is 13.4. The number of thiazole rings is 1. The summed E-state index contributed by atoms with van der Waals surface area (Å²) in [6.45, 7) is 17.2. The average molecular weight is 973 g/mol. The first-order chi connectivity index (χ1) is 29.0. The number of benzene rings is 1. The van der Waals surface area contributed by atoms with Crippen LogP contribution in [0.3, 0.4) is 0 Å². The molecular formula is C46H69IN8O5S. The van der Waals surface area contributed by atoms with Gasteiger partial charge < -0.3 is 25.7 Å². The van der Waals surface area contributed by atoms with Crippen molar-refractivity contribution < 1.29 is 24.6 Å². The maximum Gasteiger partial charge on any atom is 0.238 e. The maximum atomic E-state index is 13.7. The lowest BCUT2D eigenvalue weighted by Gasteiger charge is -2.40. The SMILES string of the molecule is Cc1ncsc1-c1ccc([C@H](C)NC(=O)[C@@H]2C[C@@H](O)CN2C(O)C(NC(=O)CCCC(=O)N2CCN(CCCC3(Cn4ncc(I)c4C)CCCCC3)CC2)C(C)(C)C)cc1. The molecule has 2 unspecified atom stereocenters. The number of piperazine rings is 1. The fourth-order valence-electron chi connectivity index (χ4n) is 9.61. The van der Waals surface area contributed by atoms with E-state index in [1.807, 2.05) is 75.5 Å². The zero-order valence-corrected chi connectivity index (χ0v) is 40.1. The van der Waals surface area contributed by atoms with E-state index in [-0.39, 0.29) is 49.6 Å². The third kappa shape index (κ3) is 12.4. The quantitative estimate of drug-likeness (QED) is 0.112. The second-order valence-electron chi connectivity index (χ2n) is 19.0. The summed E-state index contributed by atoms with van der Waals surface area (Å²) in [5, 5.41) is 33.3. The van der Waals surface area contributed by atoms with Crippen LogP contribution in [0, 0.1) is 28.2 Å². The first-order valence-electron chi connectivity index (χ1n) is 22.4. The minimum Gasteiger partial charge on any atom is -0.392 e. The summed E-state index contributed by atoms with van der Waals surface area (Å²) < 4.78 is 3.45. The van der Waals surface area contributed by atoms with E-state index in [0.29, 0.717) is 24.9 Å². The van der Waals surface area contributed by atoms with E-state index in [1.165, 1.54) is 47.8 Å². The molecule has 336 valence electrons. The van der Waals surface area contributed by atoms with Crippen LogP contribution in [0.4, 0.5) is 0 Å². The molecule has 5 atom stereocenters. The Labute approximate surface area is 380 Å². The molecule has 3 aliphatic rings. The maximum absolute atomic E-state index is 13.7. The molecule has 6 rings (SSSR count). The predicted molar refractivity (Wildman–Crippen MR) is 249 cm³/mol. The van der Waals surface area contributed by atoms with Gasteiger partial charge in [-0.3, -0.25) is 28.9 Å². The number of carbonyl (C=O) groups is 3. The Hall–Kier alpha value is -2.96. The molecule has 0 bridgehead atoms. The number of likely N-dealkylation sites (tertiary alicyclic amines) is 1. The van der Waals surface area contributed by atoms with Crippen LogP contribution in [0.5, 0.6) is 0 Å². The minimum absolute atomic E-state index is 0.0743. The zero-order valence-electron chi connectivity index (χ0n) is 37.2. The van der Waals surface area contributed by atoms with Crippen molar-refractivity contribution in [1.29, 1.82) is 0 Å². The third-order valence-corrected chi connectivity index (χ3v) is 15.5. The van der Waals surface area contributed by atoms with E-state index >= 15 is 0 Å². The second-order valence-corrected chi connectivity index (χ2v) is 21.0. The molecule has 0 radical (unpaired) electrons. The molecule has 2 saturated heterocycles. The Balaban J connectivity index is 0.932. The molecule has 1 aliphatic carbocycles. The van der Waals surface area contributed by atoms with E-state index in [9.17, 15) is 24.6 Å². The van der Waals surface area contributed by atoms with Crippen LogP contribution in [0.25, 0.3) is 10.4 Å². The molecule has 15 heteroatoms. The molecule has 1 aromatic carbocycles. The van der Waals surface area contributed by atoms with Crippen molar-refractivity contribution in [3.8, 4) is 10.4 Å². The van der Waals surface area contributed by atoms with Crippen molar-refractivity contribution >= 4 is 51.6 Å². The molecule has 1 saturated carbocycles. The minimum atomic E-state index is -1.22. The van der Waals surface area contributed by atoms with Crippen molar-refractivity contribution in [3.05, 3.63) is 56.5 Å². The van der Waals surface area contributed by atoms with Gasteiger partial charge in [0, 0.05) is 57.8 Å². The lowest BCUT2D eigenvalue weighted by molar-refractivity contribution is -0.135. The number of carbonyl (C=O) groups excluding carboxylic acids is 3. The number of hydrogen-bond acceptors (Lipinski definition) is 10. The number of β-amino-alcohol motifs (C(OH)–C–C–N with tert-alkyl or cyclic N) is 1. The Kier molecular flexibility index (Phi) is 16.5. The molecule has 61 heavy (non-hydrogen) atoms. The standard InChI is InChI=1S/C46H69IN8O5S/c1-31(34-14-16-35(17-15-34)41-32(2)48-30-61-41)50-43(59)38-26-36(56)28-54(38)44(60)42(45(4,5)6)51-39(57)12-10-13-40(58)53-24-22-52(23-25-53)21-11-20-46(18-8-7-9-19-46)29-55-33(3)37(47)27-49-55/h14-17,27,30-31,36,38,42,44,56,60H,7-13,18-26,28-29H2,1-6H3,(H,50,59)(H,51,57)/t31-,36+,38-,42?,44?/m0/s1. The molecule has 0 spiro atoms. The van der Waals surface area contributed by atoms with Gasteiger partial charge in [-0.1, -0.05) is 64.3 Å². The van der Waals surface area contributed by atoms with Gasteiger partial charge in [-0.2, -0.15) is 5.10 Å². The van der Waals surface area contributed by atoms with Gasteiger partial charge in [-0.15, -0.1) is 11.3 Å². The predicted octanol–water partition coefficient (Wildman–Crippen LogP) is 6.44. The number of nitrogens with zero attached hydrogens (tertiary/aromatic N) is 6. The van der Waals surface area contributed by atoms with Crippen molar-refractivity contribution in [2.45, 2.75) is 149 Å². The van der Waals surface area contributed by atoms with Crippen LogP contribution in [-0.2, 0) is 20.9 Å². The molecule has 3 aromatic rings. The fourth-order valence-corrected chi connectivity index (χ4v) is 10.8. The van der Waals surface area contributed by atoms with Crippen molar-refractivity contribution in [3.63, 3.8) is 0 Å². The number of hydrogen-bond donors (Lipinski definition) is 4. The number of aromatic nitrogens is 3. The number of halogens is 1. The van der Waals surface area contributed by atoms with E-state index in [0.717, 1.165) is 54.3 Å². The topological polar surface area (TPSA) is 156 Å². The highest BCUT2D eigenvalue weighted by Crippen LogP contribution is 2.42. The summed E-state index contributed by atoms with van der Waals surface area (Å²) in [5.74, 6) is -0.468. The van der Waals surface area contributed by atoms with Crippen molar-refractivity contribution in [2.24, 2.45) is 10.8 Å². The van der Waals surface area contributed by atoms with Crippen molar-refractivity contribution in [2.75, 3.05) is 39.3 Å². The van der Waals surface area contributed by atoms with Gasteiger partial charge in [-0.25, -0.2) is 4.98 Å². The van der Waals surface area contributed by atoms with Gasteiger partial charge in [0.1, 0.15) is 6.23 Å². The Bertz CT molecular complexity index is 1920. The molecule has 4 heterocycles. The summed E-state index contributed by atoms with van der Waals surface area (Å²) in [6, 6.07) is 6.24. The normalized spacial score (nSPS) is 21.6. The Morgan fingerprint density at radius 2 is 1.70 bits per heavy atom. The van der Waals surface area contributed by atoms with E-state index in [4.69, 9.17) is 5.10 Å². The highest BCUT2D eigenvalue weighted by molar-refractivity contribution is 14.1. The Morgan fingerprint density at radius 1 is 1.00 bits per heavy atom. The van der Waals surface area contributed by atoms with Gasteiger partial charge in [-0.05, 0) is 110 Å². The van der Waals surface area contributed by atoms with E-state index in [2.05, 4.69) is 54.7 Å². The van der Waals surface area contributed by atoms with Gasteiger partial charge in [0.25, 0.3) is 0 Å². The first kappa shape index (κ1) is 47.5. The molecule has 4 N–H and O–H groups in total. The van der Waals surface area contributed by atoms with Crippen LogP contribution in [0.15, 0.2) is 36.0 Å². The molecule has 3 amide bonds. The van der Waals surface area contributed by atoms with Gasteiger partial charge in [0.2, 0.25) is 17.7 Å². The summed E-state index contributed by atoms with van der Waals surface area (Å²) in [7, 11) is 0. The highest BCUT2D eigenvalue weighted by atomic mass is 127. The number of amides is 3. The number of aryl methyl sites for hydroxylation is 1. The molecule has 2 aromatic heterocycles. The number of aliphatic hydroxyl groups is 2. The summed E-state index contributed by atoms with van der Waals surface area (Å²) in [4.78, 5) is 51.8. The molecule has 3 fully saturated rings. The summed E-state index contributed by atoms with van der Waals surface area (Å²) >= 11 is 3.97. The van der Waals surface area contributed by atoms with Gasteiger partial charge in [0.05, 0.1) is 50.1 Å². The number of aliphatic hydroxyl groups excluding tert-OH is 2. The van der Waals surface area contributed by atoms with Gasteiger partial charge >= 0.3 is 0 Å². The van der Waals surface area contributed by atoms with Crippen molar-refractivity contribution in [1.82, 2.24) is 40.1 Å². The first-order valence-corrected chi connectivity index (χ1v) is 24.4. The number of rotatable bonds is 17. The van der Waals surface area contributed by atoms with Crippen LogP contribution in [-0.4, -0.2) is 121 Å². The monoisotopic (exact) mass is 972 g/mol. The Morgan fingerprint density at radius 3 is 2.33 bits per heavy atom. The van der Waals surface area contributed by atoms with Crippen LogP contribution in [0.2, 0.25) is 0 Å². The van der Waals surface area contributed by atoms with E-state index in [1.54, 1.807) is 16.2 Å². The molecular weight excluding hydrogens is 904 g/mol. The molecule has 13 nitrogen and oxygen atoms in total. The van der Waals surface area contributed by atoms with Crippen LogP contribution in [0.1, 0.15) is 121 Å². The van der Waals surface area contributed by atoms with E-state index < -0.39 is 29.8 Å². The number of nitrogens with one attached hydrogen (secondary N) is 2. The van der Waals surface area contributed by atoms with Gasteiger partial charge in [0.15, 0.2) is 0 Å². The lowest BCUT2D eigenvalue weighted by Crippen LogP contribution is -2.60.